The molecule has 74 valence electrons. The fourth-order valence-corrected chi connectivity index (χ4v) is 1.48. The van der Waals surface area contributed by atoms with Gasteiger partial charge in [0.2, 0.25) is 6.29 Å². The SMILES string of the molecule is O=CC(=O)NCCC1CCOCC1. The molecular weight excluding hydrogens is 170 g/mol. The lowest BCUT2D eigenvalue weighted by molar-refractivity contribution is -0.131. The van der Waals surface area contributed by atoms with Gasteiger partial charge in [0, 0.05) is 19.8 Å². The summed E-state index contributed by atoms with van der Waals surface area (Å²) in [4.78, 5) is 20.5. The molecule has 4 nitrogen and oxygen atoms in total. The number of hydrogen-bond acceptors (Lipinski definition) is 3. The van der Waals surface area contributed by atoms with E-state index in [1.165, 1.54) is 0 Å². The highest BCUT2D eigenvalue weighted by molar-refractivity contribution is 6.23. The molecule has 0 aromatic rings. The van der Waals surface area contributed by atoms with Gasteiger partial charge in [-0.05, 0) is 25.2 Å². The molecule has 0 bridgehead atoms. The third-order valence-electron chi connectivity index (χ3n) is 2.30. The van der Waals surface area contributed by atoms with Gasteiger partial charge >= 0.3 is 0 Å². The van der Waals surface area contributed by atoms with Crippen molar-refractivity contribution >= 4 is 12.2 Å². The molecule has 0 aliphatic carbocycles. The first-order valence-electron chi connectivity index (χ1n) is 4.63. The first-order valence-corrected chi connectivity index (χ1v) is 4.63. The molecule has 1 saturated heterocycles. The largest absolute Gasteiger partial charge is 0.381 e. The van der Waals surface area contributed by atoms with Crippen molar-refractivity contribution in [1.29, 1.82) is 0 Å². The summed E-state index contributed by atoms with van der Waals surface area (Å²) in [5, 5.41) is 2.53. The molecule has 1 aliphatic heterocycles. The van der Waals surface area contributed by atoms with Gasteiger partial charge in [0.05, 0.1) is 0 Å². The number of nitrogens with one attached hydrogen (secondary N) is 1. The van der Waals surface area contributed by atoms with Crippen molar-refractivity contribution in [2.45, 2.75) is 19.3 Å². The predicted octanol–water partition coefficient (Wildman–Crippen LogP) is 0.118. The average Bonchev–Trinajstić information content (AvgIpc) is 2.19. The molecule has 0 atom stereocenters. The van der Waals surface area contributed by atoms with Crippen LogP contribution >= 0.6 is 0 Å². The summed E-state index contributed by atoms with van der Waals surface area (Å²) in [7, 11) is 0. The minimum atomic E-state index is -0.521. The van der Waals surface area contributed by atoms with Crippen molar-refractivity contribution in [1.82, 2.24) is 5.32 Å². The Labute approximate surface area is 77.6 Å². The average molecular weight is 185 g/mol. The Morgan fingerprint density at radius 1 is 1.46 bits per heavy atom. The van der Waals surface area contributed by atoms with Crippen molar-refractivity contribution in [2.24, 2.45) is 5.92 Å². The molecule has 0 unspecified atom stereocenters. The fourth-order valence-electron chi connectivity index (χ4n) is 1.48. The van der Waals surface area contributed by atoms with Crippen molar-refractivity contribution in [3.05, 3.63) is 0 Å². The third kappa shape index (κ3) is 4.03. The van der Waals surface area contributed by atoms with Crippen LogP contribution in [0, 0.1) is 5.92 Å². The first kappa shape index (κ1) is 10.2. The second-order valence-corrected chi connectivity index (χ2v) is 3.25. The summed E-state index contributed by atoms with van der Waals surface area (Å²) in [6.07, 6.45) is 3.39. The number of ether oxygens (including phenoxy) is 1. The topological polar surface area (TPSA) is 55.4 Å². The molecule has 1 N–H and O–H groups in total. The third-order valence-corrected chi connectivity index (χ3v) is 2.30. The van der Waals surface area contributed by atoms with Crippen LogP contribution in [-0.4, -0.2) is 32.0 Å². The Bertz CT molecular complexity index is 176. The molecule has 13 heavy (non-hydrogen) atoms. The van der Waals surface area contributed by atoms with E-state index in [0.717, 1.165) is 32.5 Å². The second-order valence-electron chi connectivity index (χ2n) is 3.25. The Hall–Kier alpha value is -0.900. The van der Waals surface area contributed by atoms with Crippen LogP contribution in [0.4, 0.5) is 0 Å². The maximum Gasteiger partial charge on any atom is 0.284 e. The highest BCUT2D eigenvalue weighted by atomic mass is 16.5. The van der Waals surface area contributed by atoms with Crippen molar-refractivity contribution in [3.63, 3.8) is 0 Å². The van der Waals surface area contributed by atoms with Crippen molar-refractivity contribution < 1.29 is 14.3 Å². The highest BCUT2D eigenvalue weighted by Gasteiger charge is 2.13. The molecule has 0 saturated carbocycles. The summed E-state index contributed by atoms with van der Waals surface area (Å²) in [6, 6.07) is 0. The molecule has 0 aromatic heterocycles. The second kappa shape index (κ2) is 5.70. The zero-order valence-electron chi connectivity index (χ0n) is 7.62. The zero-order valence-corrected chi connectivity index (χ0v) is 7.62. The number of aldehydes is 1. The van der Waals surface area contributed by atoms with E-state index in [-0.39, 0.29) is 0 Å². The van der Waals surface area contributed by atoms with Crippen LogP contribution in [0.2, 0.25) is 0 Å². The van der Waals surface area contributed by atoms with Gasteiger partial charge in [-0.2, -0.15) is 0 Å². The lowest BCUT2D eigenvalue weighted by Crippen LogP contribution is -2.28. The van der Waals surface area contributed by atoms with Gasteiger partial charge in [-0.15, -0.1) is 0 Å². The van der Waals surface area contributed by atoms with Gasteiger partial charge in [0.1, 0.15) is 0 Å². The van der Waals surface area contributed by atoms with E-state index >= 15 is 0 Å². The van der Waals surface area contributed by atoms with E-state index in [1.54, 1.807) is 0 Å². The Balaban J connectivity index is 2.04. The van der Waals surface area contributed by atoms with Crippen LogP contribution in [0.1, 0.15) is 19.3 Å². The van der Waals surface area contributed by atoms with E-state index in [1.807, 2.05) is 0 Å². The van der Waals surface area contributed by atoms with Crippen LogP contribution in [0.5, 0.6) is 0 Å². The predicted molar refractivity (Wildman–Crippen MR) is 47.2 cm³/mol. The fraction of sp³-hybridized carbons (Fsp3) is 0.778. The molecule has 1 aliphatic rings. The van der Waals surface area contributed by atoms with E-state index in [4.69, 9.17) is 4.74 Å². The maximum absolute atomic E-state index is 10.5. The Morgan fingerprint density at radius 2 is 2.15 bits per heavy atom. The molecule has 1 fully saturated rings. The monoisotopic (exact) mass is 185 g/mol. The summed E-state index contributed by atoms with van der Waals surface area (Å²) in [5.74, 6) is 0.118. The molecule has 0 radical (unpaired) electrons. The minimum Gasteiger partial charge on any atom is -0.381 e. The Kier molecular flexibility index (Phi) is 4.46. The van der Waals surface area contributed by atoms with E-state index in [2.05, 4.69) is 5.32 Å². The number of rotatable bonds is 4. The van der Waals surface area contributed by atoms with Gasteiger partial charge in [-0.3, -0.25) is 9.59 Å². The summed E-state index contributed by atoms with van der Waals surface area (Å²) in [5.41, 5.74) is 0. The molecular formula is C9H15NO3. The van der Waals surface area contributed by atoms with Crippen LogP contribution < -0.4 is 5.32 Å². The number of carbonyl (C=O) groups excluding carboxylic acids is 2. The van der Waals surface area contributed by atoms with Crippen molar-refractivity contribution in [3.8, 4) is 0 Å². The van der Waals surface area contributed by atoms with E-state index < -0.39 is 5.91 Å². The number of carbonyl (C=O) groups is 2. The van der Waals surface area contributed by atoms with Gasteiger partial charge in [-0.25, -0.2) is 0 Å². The summed E-state index contributed by atoms with van der Waals surface area (Å²) in [6.45, 7) is 2.25. The minimum absolute atomic E-state index is 0.310. The van der Waals surface area contributed by atoms with Gasteiger partial charge < -0.3 is 10.1 Å². The molecule has 0 spiro atoms. The quantitative estimate of drug-likeness (QED) is 0.500. The van der Waals surface area contributed by atoms with Crippen LogP contribution in [-0.2, 0) is 14.3 Å². The molecule has 1 rings (SSSR count). The number of hydrogen-bond donors (Lipinski definition) is 1. The van der Waals surface area contributed by atoms with Gasteiger partial charge in [-0.1, -0.05) is 0 Å². The van der Waals surface area contributed by atoms with Crippen LogP contribution in [0.3, 0.4) is 0 Å². The Morgan fingerprint density at radius 3 is 2.77 bits per heavy atom. The number of amides is 1. The van der Waals surface area contributed by atoms with Crippen LogP contribution in [0.15, 0.2) is 0 Å². The zero-order chi connectivity index (χ0) is 9.52. The standard InChI is InChI=1S/C9H15NO3/c11-7-9(12)10-4-1-8-2-5-13-6-3-8/h7-8H,1-6H2,(H,10,12). The molecule has 1 amide bonds. The lowest BCUT2D eigenvalue weighted by atomic mass is 9.97. The van der Waals surface area contributed by atoms with Crippen molar-refractivity contribution in [2.75, 3.05) is 19.8 Å². The first-order chi connectivity index (χ1) is 6.33. The molecule has 1 heterocycles. The maximum atomic E-state index is 10.5. The van der Waals surface area contributed by atoms with Gasteiger partial charge in [0.15, 0.2) is 0 Å². The lowest BCUT2D eigenvalue weighted by Gasteiger charge is -2.21. The van der Waals surface area contributed by atoms with E-state index in [0.29, 0.717) is 18.7 Å². The molecule has 0 aromatic carbocycles. The van der Waals surface area contributed by atoms with Crippen LogP contribution in [0.25, 0.3) is 0 Å². The van der Waals surface area contributed by atoms with Gasteiger partial charge in [0.25, 0.3) is 5.91 Å². The summed E-state index contributed by atoms with van der Waals surface area (Å²) < 4.78 is 5.20. The highest BCUT2D eigenvalue weighted by Crippen LogP contribution is 2.17. The summed E-state index contributed by atoms with van der Waals surface area (Å²) >= 11 is 0. The smallest absolute Gasteiger partial charge is 0.284 e. The normalized spacial score (nSPS) is 18.2. The van der Waals surface area contributed by atoms with E-state index in [9.17, 15) is 9.59 Å². The molecule has 4 heteroatoms.